The molecule has 2 aliphatic heterocycles. The Labute approximate surface area is 246 Å². The van der Waals surface area contributed by atoms with Gasteiger partial charge < -0.3 is 20.7 Å². The monoisotopic (exact) mass is 617 g/mol. The molecule has 0 spiro atoms. The number of benzene rings is 1. The summed E-state index contributed by atoms with van der Waals surface area (Å²) in [5, 5.41) is 2.43. The lowest BCUT2D eigenvalue weighted by Gasteiger charge is -2.34. The number of nitrogens with two attached hydrogens (primary N) is 1. The highest BCUT2D eigenvalue weighted by Gasteiger charge is 2.39. The van der Waals surface area contributed by atoms with Crippen LogP contribution >= 0.6 is 11.6 Å². The number of carbonyl (C=O) groups excluding carboxylic acids is 2. The van der Waals surface area contributed by atoms with Gasteiger partial charge in [-0.25, -0.2) is 19.3 Å². The van der Waals surface area contributed by atoms with E-state index in [1.165, 1.54) is 19.4 Å². The van der Waals surface area contributed by atoms with Crippen molar-refractivity contribution in [2.24, 2.45) is 0 Å². The number of nitrogens with zero attached hydrogens (tertiary/aromatic N) is 5. The van der Waals surface area contributed by atoms with Crippen LogP contribution in [0.5, 0.6) is 5.75 Å². The molecule has 15 heteroatoms. The summed E-state index contributed by atoms with van der Waals surface area (Å²) >= 11 is 6.56. The Balaban J connectivity index is 1.40. The molecular weight excluding hydrogens is 594 g/mol. The zero-order valence-electron chi connectivity index (χ0n) is 22.6. The fraction of sp³-hybridized carbons (Fsp3) is 0.321. The van der Waals surface area contributed by atoms with Crippen molar-refractivity contribution in [2.75, 3.05) is 24.7 Å². The Hall–Kier alpha value is -4.46. The van der Waals surface area contributed by atoms with Gasteiger partial charge in [0.1, 0.15) is 45.4 Å². The molecule has 2 unspecified atom stereocenters. The van der Waals surface area contributed by atoms with Crippen LogP contribution in [0.2, 0.25) is 5.15 Å². The standard InChI is InChI=1S/C28H24ClF4N7O3/c1-43-18-9-14(27(42)37-20-10-15(6-7-35-20)28(31,32)33)8-17(30)22(18)23-24-25(34)36-11-19(29)40(24)26(38-23)13-2-3-16-4-5-21(41)39(16)12-13/h6-11,13,16H,2-5,12H2,1H3,(H2,34,36)(H,35,37,42). The van der Waals surface area contributed by atoms with Crippen molar-refractivity contribution in [3.8, 4) is 17.0 Å². The van der Waals surface area contributed by atoms with Gasteiger partial charge in [-0.1, -0.05) is 11.6 Å². The Morgan fingerprint density at radius 2 is 1.98 bits per heavy atom. The van der Waals surface area contributed by atoms with E-state index in [0.717, 1.165) is 31.2 Å². The summed E-state index contributed by atoms with van der Waals surface area (Å²) in [5.41, 5.74) is 5.17. The number of piperidine rings is 1. The van der Waals surface area contributed by atoms with Gasteiger partial charge in [0, 0.05) is 36.7 Å². The fourth-order valence-corrected chi connectivity index (χ4v) is 6.04. The zero-order chi connectivity index (χ0) is 30.6. The summed E-state index contributed by atoms with van der Waals surface area (Å²) in [6.45, 7) is 0.420. The molecule has 4 aromatic rings. The molecule has 3 N–H and O–H groups in total. The lowest BCUT2D eigenvalue weighted by molar-refractivity contribution is -0.137. The van der Waals surface area contributed by atoms with Crippen molar-refractivity contribution >= 4 is 40.6 Å². The SMILES string of the molecule is COc1cc(C(=O)Nc2cc(C(F)(F)F)ccn2)cc(F)c1-c1nc(C2CCC3CCC(=O)N3C2)n2c(Cl)cnc(N)c12. The minimum Gasteiger partial charge on any atom is -0.496 e. The number of carbonyl (C=O) groups is 2. The van der Waals surface area contributed by atoms with Crippen molar-refractivity contribution < 1.29 is 31.9 Å². The molecule has 0 bridgehead atoms. The van der Waals surface area contributed by atoms with Crippen molar-refractivity contribution in [2.45, 2.75) is 43.8 Å². The molecule has 0 saturated carbocycles. The lowest BCUT2D eigenvalue weighted by Crippen LogP contribution is -2.41. The number of ether oxygens (including phenoxy) is 1. The summed E-state index contributed by atoms with van der Waals surface area (Å²) in [6, 6.07) is 3.75. The molecule has 3 aromatic heterocycles. The Bertz CT molecular complexity index is 1780. The van der Waals surface area contributed by atoms with Gasteiger partial charge in [0.25, 0.3) is 5.91 Å². The van der Waals surface area contributed by atoms with Crippen molar-refractivity contribution in [3.05, 3.63) is 64.6 Å². The number of hydrogen-bond acceptors (Lipinski definition) is 7. The second-order valence-corrected chi connectivity index (χ2v) is 10.8. The molecule has 0 aliphatic carbocycles. The first kappa shape index (κ1) is 28.6. The van der Waals surface area contributed by atoms with Gasteiger partial charge in [-0.2, -0.15) is 13.2 Å². The van der Waals surface area contributed by atoms with Crippen LogP contribution in [0, 0.1) is 5.82 Å². The van der Waals surface area contributed by atoms with E-state index < -0.39 is 23.5 Å². The summed E-state index contributed by atoms with van der Waals surface area (Å²) in [6.07, 6.45) is 0.412. The second kappa shape index (κ2) is 10.7. The van der Waals surface area contributed by atoms with E-state index in [1.807, 2.05) is 4.90 Å². The molecule has 1 aromatic carbocycles. The van der Waals surface area contributed by atoms with Crippen LogP contribution in [0.25, 0.3) is 16.8 Å². The number of imidazole rings is 1. The maximum Gasteiger partial charge on any atom is 0.416 e. The van der Waals surface area contributed by atoms with Gasteiger partial charge in [0.05, 0.1) is 24.4 Å². The van der Waals surface area contributed by atoms with E-state index >= 15 is 4.39 Å². The van der Waals surface area contributed by atoms with Crippen molar-refractivity contribution in [3.63, 3.8) is 0 Å². The van der Waals surface area contributed by atoms with Crippen LogP contribution in [0.15, 0.2) is 36.7 Å². The van der Waals surface area contributed by atoms with Crippen molar-refractivity contribution in [1.82, 2.24) is 24.3 Å². The van der Waals surface area contributed by atoms with Gasteiger partial charge >= 0.3 is 6.18 Å². The van der Waals surface area contributed by atoms with Crippen LogP contribution in [0.4, 0.5) is 29.2 Å². The number of hydrogen-bond donors (Lipinski definition) is 2. The van der Waals surface area contributed by atoms with Crippen LogP contribution < -0.4 is 15.8 Å². The van der Waals surface area contributed by atoms with Crippen LogP contribution in [-0.2, 0) is 11.0 Å². The fourth-order valence-electron chi connectivity index (χ4n) is 5.82. The predicted octanol–water partition coefficient (Wildman–Crippen LogP) is 5.31. The Morgan fingerprint density at radius 3 is 2.72 bits per heavy atom. The Morgan fingerprint density at radius 1 is 1.19 bits per heavy atom. The maximum atomic E-state index is 15.9. The number of pyridine rings is 1. The highest BCUT2D eigenvalue weighted by Crippen LogP contribution is 2.42. The molecule has 43 heavy (non-hydrogen) atoms. The molecule has 10 nitrogen and oxygen atoms in total. The third kappa shape index (κ3) is 5.09. The van der Waals surface area contributed by atoms with E-state index in [0.29, 0.717) is 31.3 Å². The molecule has 2 amide bonds. The number of rotatable bonds is 5. The second-order valence-electron chi connectivity index (χ2n) is 10.4. The minimum absolute atomic E-state index is 0.0166. The van der Waals surface area contributed by atoms with E-state index in [2.05, 4.69) is 15.3 Å². The van der Waals surface area contributed by atoms with Gasteiger partial charge in [0.15, 0.2) is 0 Å². The highest BCUT2D eigenvalue weighted by atomic mass is 35.5. The highest BCUT2D eigenvalue weighted by molar-refractivity contribution is 6.30. The summed E-state index contributed by atoms with van der Waals surface area (Å²) in [4.78, 5) is 39.9. The Kier molecular flexibility index (Phi) is 7.11. The summed E-state index contributed by atoms with van der Waals surface area (Å²) in [5.74, 6) is -1.95. The molecule has 2 saturated heterocycles. The third-order valence-electron chi connectivity index (χ3n) is 7.85. The predicted molar refractivity (Wildman–Crippen MR) is 148 cm³/mol. The first-order valence-corrected chi connectivity index (χ1v) is 13.7. The van der Waals surface area contributed by atoms with Crippen molar-refractivity contribution in [1.29, 1.82) is 0 Å². The average Bonchev–Trinajstić information content (AvgIpc) is 3.55. The number of nitrogen functional groups attached to an aromatic ring is 1. The van der Waals surface area contributed by atoms with Crippen LogP contribution in [0.3, 0.4) is 0 Å². The summed E-state index contributed by atoms with van der Waals surface area (Å²) < 4.78 is 62.2. The van der Waals surface area contributed by atoms with E-state index in [-0.39, 0.29) is 62.7 Å². The summed E-state index contributed by atoms with van der Waals surface area (Å²) in [7, 11) is 1.27. The van der Waals surface area contributed by atoms with Crippen LogP contribution in [-0.4, -0.2) is 55.8 Å². The number of methoxy groups -OCH3 is 1. The lowest BCUT2D eigenvalue weighted by atomic mass is 9.92. The number of aromatic nitrogens is 4. The number of anilines is 2. The first-order chi connectivity index (χ1) is 20.5. The largest absolute Gasteiger partial charge is 0.496 e. The van der Waals surface area contributed by atoms with E-state index in [1.54, 1.807) is 4.40 Å². The topological polar surface area (TPSA) is 128 Å². The van der Waals surface area contributed by atoms with Gasteiger partial charge in [-0.05, 0) is 43.5 Å². The van der Waals surface area contributed by atoms with Gasteiger partial charge in [0.2, 0.25) is 5.91 Å². The van der Waals surface area contributed by atoms with Crippen LogP contribution in [0.1, 0.15) is 53.3 Å². The molecule has 2 aliphatic rings. The smallest absolute Gasteiger partial charge is 0.416 e. The number of halogens is 5. The zero-order valence-corrected chi connectivity index (χ0v) is 23.3. The van der Waals surface area contributed by atoms with E-state index in [4.69, 9.17) is 27.1 Å². The molecular formula is C28H24ClF4N7O3. The number of alkyl halides is 3. The molecule has 2 fully saturated rings. The van der Waals surface area contributed by atoms with Gasteiger partial charge in [-0.15, -0.1) is 0 Å². The van der Waals surface area contributed by atoms with Gasteiger partial charge in [-0.3, -0.25) is 14.0 Å². The van der Waals surface area contributed by atoms with E-state index in [9.17, 15) is 22.8 Å². The molecule has 224 valence electrons. The quantitative estimate of drug-likeness (QED) is 0.290. The third-order valence-corrected chi connectivity index (χ3v) is 8.12. The number of fused-ring (bicyclic) bond motifs is 2. The maximum absolute atomic E-state index is 15.9. The number of nitrogens with one attached hydrogen (secondary N) is 1. The normalized spacial score (nSPS) is 18.7. The molecule has 6 rings (SSSR count). The molecule has 5 heterocycles. The molecule has 0 radical (unpaired) electrons. The average molecular weight is 618 g/mol. The number of amides is 2. The molecule has 2 atom stereocenters. The first-order valence-electron chi connectivity index (χ1n) is 13.3. The minimum atomic E-state index is -4.64.